The van der Waals surface area contributed by atoms with Crippen molar-refractivity contribution in [3.8, 4) is 0 Å². The van der Waals surface area contributed by atoms with E-state index in [0.717, 1.165) is 33.7 Å². The molecular formula is C23H23N7. The van der Waals surface area contributed by atoms with Gasteiger partial charge in [-0.3, -0.25) is 0 Å². The molecule has 4 rings (SSSR count). The van der Waals surface area contributed by atoms with Crippen LogP contribution in [0.4, 0.5) is 23.0 Å². The van der Waals surface area contributed by atoms with Crippen LogP contribution in [-0.2, 0) is 6.54 Å². The van der Waals surface area contributed by atoms with Crippen LogP contribution in [0.25, 0.3) is 10.9 Å². The molecule has 150 valence electrons. The number of benzene rings is 2. The second kappa shape index (κ2) is 8.57. The van der Waals surface area contributed by atoms with Crippen LogP contribution in [0.1, 0.15) is 11.1 Å². The zero-order valence-corrected chi connectivity index (χ0v) is 16.9. The number of hydrogen-bond acceptors (Lipinski definition) is 7. The summed E-state index contributed by atoms with van der Waals surface area (Å²) in [5.41, 5.74) is 4.51. The molecule has 4 aromatic rings. The number of pyridine rings is 1. The molecule has 0 saturated heterocycles. The van der Waals surface area contributed by atoms with Crippen LogP contribution < -0.4 is 15.5 Å². The van der Waals surface area contributed by atoms with Crippen molar-refractivity contribution in [3.05, 3.63) is 78.2 Å². The van der Waals surface area contributed by atoms with Gasteiger partial charge in [-0.1, -0.05) is 30.3 Å². The fourth-order valence-corrected chi connectivity index (χ4v) is 3.14. The lowest BCUT2D eigenvalue weighted by Gasteiger charge is -2.14. The van der Waals surface area contributed by atoms with E-state index in [1.807, 2.05) is 61.5 Å². The SMILES string of the molecule is CN(C)c1cc2c(Nc3ccc(NCc4ccccc4)c(C=N)c3)ncnc2cn1. The van der Waals surface area contributed by atoms with Gasteiger partial charge in [-0.05, 0) is 29.8 Å². The lowest BCUT2D eigenvalue weighted by Crippen LogP contribution is -2.10. The van der Waals surface area contributed by atoms with Crippen molar-refractivity contribution < 1.29 is 0 Å². The molecule has 0 saturated carbocycles. The Morgan fingerprint density at radius 2 is 1.83 bits per heavy atom. The molecule has 30 heavy (non-hydrogen) atoms. The Kier molecular flexibility index (Phi) is 5.52. The van der Waals surface area contributed by atoms with Crippen molar-refractivity contribution in [2.75, 3.05) is 29.6 Å². The predicted molar refractivity (Wildman–Crippen MR) is 123 cm³/mol. The molecule has 2 heterocycles. The van der Waals surface area contributed by atoms with Crippen molar-refractivity contribution in [3.63, 3.8) is 0 Å². The maximum absolute atomic E-state index is 7.82. The number of fused-ring (bicyclic) bond motifs is 1. The summed E-state index contributed by atoms with van der Waals surface area (Å²) < 4.78 is 0. The van der Waals surface area contributed by atoms with E-state index in [0.29, 0.717) is 12.4 Å². The standard InChI is InChI=1S/C23H23N7/c1-30(2)22-11-19-21(14-26-22)27-15-28-23(19)29-18-8-9-20(17(10-18)12-24)25-13-16-6-4-3-5-7-16/h3-12,14-15,24-25H,13H2,1-2H3,(H,27,28,29). The molecule has 0 amide bonds. The first-order valence-electron chi connectivity index (χ1n) is 9.61. The Labute approximate surface area is 175 Å². The fourth-order valence-electron chi connectivity index (χ4n) is 3.14. The minimum absolute atomic E-state index is 0.700. The molecule has 3 N–H and O–H groups in total. The Morgan fingerprint density at radius 3 is 2.60 bits per heavy atom. The molecule has 0 aliphatic heterocycles. The number of hydrogen-bond donors (Lipinski definition) is 3. The molecule has 0 bridgehead atoms. The molecule has 0 radical (unpaired) electrons. The highest BCUT2D eigenvalue weighted by atomic mass is 15.1. The van der Waals surface area contributed by atoms with Gasteiger partial charge >= 0.3 is 0 Å². The summed E-state index contributed by atoms with van der Waals surface area (Å²) in [5, 5.41) is 15.5. The third-order valence-corrected chi connectivity index (χ3v) is 4.76. The number of nitrogens with one attached hydrogen (secondary N) is 3. The third kappa shape index (κ3) is 4.20. The van der Waals surface area contributed by atoms with Gasteiger partial charge in [0.05, 0.1) is 11.7 Å². The van der Waals surface area contributed by atoms with Gasteiger partial charge in [-0.25, -0.2) is 15.0 Å². The highest BCUT2D eigenvalue weighted by Gasteiger charge is 2.09. The molecule has 2 aromatic carbocycles. The van der Waals surface area contributed by atoms with Gasteiger partial charge in [0.15, 0.2) is 0 Å². The van der Waals surface area contributed by atoms with Gasteiger partial charge in [-0.2, -0.15) is 0 Å². The van der Waals surface area contributed by atoms with E-state index < -0.39 is 0 Å². The lowest BCUT2D eigenvalue weighted by molar-refractivity contribution is 1.07. The van der Waals surface area contributed by atoms with Crippen LogP contribution in [0.5, 0.6) is 0 Å². The summed E-state index contributed by atoms with van der Waals surface area (Å²) in [6, 6.07) is 18.0. The van der Waals surface area contributed by atoms with Crippen LogP contribution in [0.3, 0.4) is 0 Å². The van der Waals surface area contributed by atoms with Crippen molar-refractivity contribution in [1.82, 2.24) is 15.0 Å². The highest BCUT2D eigenvalue weighted by Crippen LogP contribution is 2.27. The fraction of sp³-hybridized carbons (Fsp3) is 0.130. The number of aromatic nitrogens is 3. The average molecular weight is 397 g/mol. The molecule has 7 heteroatoms. The summed E-state index contributed by atoms with van der Waals surface area (Å²) in [6.07, 6.45) is 4.62. The van der Waals surface area contributed by atoms with Gasteiger partial charge in [0.1, 0.15) is 18.0 Å². The molecule has 0 fully saturated rings. The second-order valence-corrected chi connectivity index (χ2v) is 7.09. The smallest absolute Gasteiger partial charge is 0.141 e. The van der Waals surface area contributed by atoms with Crippen molar-refractivity contribution >= 4 is 40.1 Å². The van der Waals surface area contributed by atoms with E-state index in [2.05, 4.69) is 37.7 Å². The summed E-state index contributed by atoms with van der Waals surface area (Å²) in [5.74, 6) is 1.53. The van der Waals surface area contributed by atoms with Crippen molar-refractivity contribution in [2.24, 2.45) is 0 Å². The van der Waals surface area contributed by atoms with Crippen molar-refractivity contribution in [2.45, 2.75) is 6.54 Å². The average Bonchev–Trinajstić information content (AvgIpc) is 2.78. The Balaban J connectivity index is 1.59. The first kappa shape index (κ1) is 19.3. The van der Waals surface area contributed by atoms with Gasteiger partial charge in [-0.15, -0.1) is 0 Å². The van der Waals surface area contributed by atoms with Crippen LogP contribution >= 0.6 is 0 Å². The lowest BCUT2D eigenvalue weighted by atomic mass is 10.1. The van der Waals surface area contributed by atoms with E-state index in [4.69, 9.17) is 5.41 Å². The molecule has 2 aromatic heterocycles. The Morgan fingerprint density at radius 1 is 1.00 bits per heavy atom. The number of rotatable bonds is 7. The second-order valence-electron chi connectivity index (χ2n) is 7.09. The van der Waals surface area contributed by atoms with Crippen molar-refractivity contribution in [1.29, 1.82) is 5.41 Å². The number of anilines is 4. The Bertz CT molecular complexity index is 1170. The summed E-state index contributed by atoms with van der Waals surface area (Å²) in [7, 11) is 3.89. The van der Waals surface area contributed by atoms with E-state index in [1.165, 1.54) is 18.1 Å². The molecule has 0 aliphatic rings. The zero-order chi connectivity index (χ0) is 20.9. The summed E-state index contributed by atoms with van der Waals surface area (Å²) in [4.78, 5) is 15.1. The molecule has 0 spiro atoms. The minimum atomic E-state index is 0.700. The molecule has 0 unspecified atom stereocenters. The first-order chi connectivity index (χ1) is 14.6. The van der Waals surface area contributed by atoms with Crippen LogP contribution in [0.2, 0.25) is 0 Å². The van der Waals surface area contributed by atoms with E-state index in [-0.39, 0.29) is 0 Å². The monoisotopic (exact) mass is 397 g/mol. The van der Waals surface area contributed by atoms with Gasteiger partial charge in [0.25, 0.3) is 0 Å². The Hall–Kier alpha value is -4.00. The molecular weight excluding hydrogens is 374 g/mol. The van der Waals surface area contributed by atoms with Gasteiger partial charge < -0.3 is 20.9 Å². The quantitative estimate of drug-likeness (QED) is 0.399. The largest absolute Gasteiger partial charge is 0.380 e. The third-order valence-electron chi connectivity index (χ3n) is 4.76. The minimum Gasteiger partial charge on any atom is -0.380 e. The molecule has 0 atom stereocenters. The molecule has 7 nitrogen and oxygen atoms in total. The highest BCUT2D eigenvalue weighted by molar-refractivity contribution is 5.93. The zero-order valence-electron chi connectivity index (χ0n) is 16.9. The van der Waals surface area contributed by atoms with E-state index in [1.54, 1.807) is 6.20 Å². The van der Waals surface area contributed by atoms with Gasteiger partial charge in [0, 0.05) is 49.2 Å². The summed E-state index contributed by atoms with van der Waals surface area (Å²) in [6.45, 7) is 0.700. The van der Waals surface area contributed by atoms with E-state index in [9.17, 15) is 0 Å². The topological polar surface area (TPSA) is 89.8 Å². The maximum atomic E-state index is 7.82. The van der Waals surface area contributed by atoms with Crippen LogP contribution in [0.15, 0.2) is 67.1 Å². The number of nitrogens with zero attached hydrogens (tertiary/aromatic N) is 4. The molecule has 0 aliphatic carbocycles. The van der Waals surface area contributed by atoms with Crippen LogP contribution in [0, 0.1) is 5.41 Å². The summed E-state index contributed by atoms with van der Waals surface area (Å²) >= 11 is 0. The first-order valence-corrected chi connectivity index (χ1v) is 9.61. The maximum Gasteiger partial charge on any atom is 0.141 e. The van der Waals surface area contributed by atoms with Crippen LogP contribution in [-0.4, -0.2) is 35.3 Å². The van der Waals surface area contributed by atoms with E-state index >= 15 is 0 Å². The van der Waals surface area contributed by atoms with Gasteiger partial charge in [0.2, 0.25) is 0 Å². The normalized spacial score (nSPS) is 10.6. The predicted octanol–water partition coefficient (Wildman–Crippen LogP) is 4.44.